The van der Waals surface area contributed by atoms with Crippen LogP contribution in [0.2, 0.25) is 0 Å². The summed E-state index contributed by atoms with van der Waals surface area (Å²) in [5.74, 6) is -0.00874. The number of benzene rings is 2. The van der Waals surface area contributed by atoms with Crippen LogP contribution in [0.15, 0.2) is 66.9 Å². The lowest BCUT2D eigenvalue weighted by molar-refractivity contribution is 0.0742. The van der Waals surface area contributed by atoms with E-state index in [-0.39, 0.29) is 5.91 Å². The second-order valence-electron chi connectivity index (χ2n) is 5.77. The Kier molecular flexibility index (Phi) is 5.18. The van der Waals surface area contributed by atoms with E-state index in [2.05, 4.69) is 4.98 Å². The number of carbonyl (C=O) groups excluding carboxylic acids is 1. The number of aromatic nitrogens is 1. The molecule has 1 heterocycles. The molecule has 2 N–H and O–H groups in total. The second kappa shape index (κ2) is 7.70. The molecule has 24 heavy (non-hydrogen) atoms. The highest BCUT2D eigenvalue weighted by molar-refractivity contribution is 5.97. The zero-order valence-electron chi connectivity index (χ0n) is 13.6. The molecule has 1 amide bonds. The van der Waals surface area contributed by atoms with Crippen molar-refractivity contribution in [1.82, 2.24) is 9.88 Å². The summed E-state index contributed by atoms with van der Waals surface area (Å²) < 4.78 is 0. The maximum absolute atomic E-state index is 12.9. The van der Waals surface area contributed by atoms with Gasteiger partial charge in [-0.3, -0.25) is 9.78 Å². The molecule has 0 atom stereocenters. The fourth-order valence-corrected chi connectivity index (χ4v) is 2.71. The first-order valence-corrected chi connectivity index (χ1v) is 8.16. The van der Waals surface area contributed by atoms with Crippen LogP contribution >= 0.6 is 0 Å². The lowest BCUT2D eigenvalue weighted by atomic mass is 10.1. The summed E-state index contributed by atoms with van der Waals surface area (Å²) in [5.41, 5.74) is 8.25. The Morgan fingerprint density at radius 1 is 1.04 bits per heavy atom. The summed E-state index contributed by atoms with van der Waals surface area (Å²) >= 11 is 0. The Hall–Kier alpha value is -2.72. The van der Waals surface area contributed by atoms with Gasteiger partial charge in [-0.25, -0.2) is 0 Å². The number of fused-ring (bicyclic) bond motifs is 1. The Labute approximate surface area is 141 Å². The summed E-state index contributed by atoms with van der Waals surface area (Å²) in [6, 6.07) is 19.7. The van der Waals surface area contributed by atoms with Gasteiger partial charge in [0.25, 0.3) is 5.91 Å². The lowest BCUT2D eigenvalue weighted by Crippen LogP contribution is -2.32. The number of para-hydroxylation sites is 1. The van der Waals surface area contributed by atoms with Crippen molar-refractivity contribution in [1.29, 1.82) is 0 Å². The number of carbonyl (C=O) groups is 1. The van der Waals surface area contributed by atoms with E-state index in [9.17, 15) is 4.79 Å². The quantitative estimate of drug-likeness (QED) is 0.759. The minimum absolute atomic E-state index is 0.00874. The molecule has 1 aromatic heterocycles. The van der Waals surface area contributed by atoms with Crippen LogP contribution in [0.25, 0.3) is 10.9 Å². The summed E-state index contributed by atoms with van der Waals surface area (Å²) in [5, 5.41) is 0.974. The highest BCUT2D eigenvalue weighted by Gasteiger charge is 2.16. The first kappa shape index (κ1) is 16.1. The lowest BCUT2D eigenvalue weighted by Gasteiger charge is -2.23. The van der Waals surface area contributed by atoms with E-state index in [1.54, 1.807) is 6.20 Å². The standard InChI is InChI=1S/C20H21N3O/c21-11-6-12-23(15-16-7-2-1-3-8-16)20(24)18-13-17-9-4-5-10-19(17)22-14-18/h1-5,7-10,13-14H,6,11-12,15,21H2. The summed E-state index contributed by atoms with van der Waals surface area (Å²) in [4.78, 5) is 19.2. The van der Waals surface area contributed by atoms with Crippen LogP contribution in [-0.2, 0) is 6.54 Å². The predicted octanol–water partition coefficient (Wildman–Crippen LogP) is 3.23. The predicted molar refractivity (Wildman–Crippen MR) is 96.6 cm³/mol. The number of hydrogen-bond acceptors (Lipinski definition) is 3. The van der Waals surface area contributed by atoms with Crippen molar-refractivity contribution in [2.75, 3.05) is 13.1 Å². The van der Waals surface area contributed by atoms with Gasteiger partial charge in [0, 0.05) is 24.7 Å². The number of nitrogens with zero attached hydrogens (tertiary/aromatic N) is 2. The molecule has 0 spiro atoms. The smallest absolute Gasteiger partial charge is 0.255 e. The van der Waals surface area contributed by atoms with E-state index in [1.165, 1.54) is 0 Å². The van der Waals surface area contributed by atoms with Crippen LogP contribution in [0.4, 0.5) is 0 Å². The first-order chi connectivity index (χ1) is 11.8. The van der Waals surface area contributed by atoms with Crippen molar-refractivity contribution in [3.8, 4) is 0 Å². The number of rotatable bonds is 6. The van der Waals surface area contributed by atoms with Gasteiger partial charge in [-0.15, -0.1) is 0 Å². The highest BCUT2D eigenvalue weighted by Crippen LogP contribution is 2.16. The van der Waals surface area contributed by atoms with Gasteiger partial charge in [-0.1, -0.05) is 48.5 Å². The number of nitrogens with two attached hydrogens (primary N) is 1. The third kappa shape index (κ3) is 3.78. The molecule has 0 saturated carbocycles. The second-order valence-corrected chi connectivity index (χ2v) is 5.77. The number of hydrogen-bond donors (Lipinski definition) is 1. The third-order valence-electron chi connectivity index (χ3n) is 3.97. The van der Waals surface area contributed by atoms with Gasteiger partial charge in [0.1, 0.15) is 0 Å². The fourth-order valence-electron chi connectivity index (χ4n) is 2.71. The van der Waals surface area contributed by atoms with Gasteiger partial charge < -0.3 is 10.6 Å². The normalized spacial score (nSPS) is 10.7. The van der Waals surface area contributed by atoms with Crippen LogP contribution in [-0.4, -0.2) is 28.9 Å². The van der Waals surface area contributed by atoms with Crippen molar-refractivity contribution in [2.24, 2.45) is 5.73 Å². The van der Waals surface area contributed by atoms with E-state index in [1.807, 2.05) is 65.6 Å². The van der Waals surface area contributed by atoms with E-state index < -0.39 is 0 Å². The largest absolute Gasteiger partial charge is 0.334 e. The van der Waals surface area contributed by atoms with Gasteiger partial charge in [0.15, 0.2) is 0 Å². The molecule has 0 fully saturated rings. The van der Waals surface area contributed by atoms with Crippen molar-refractivity contribution in [3.05, 3.63) is 78.0 Å². The molecule has 0 aliphatic carbocycles. The summed E-state index contributed by atoms with van der Waals surface area (Å²) in [6.07, 6.45) is 2.44. The van der Waals surface area contributed by atoms with Gasteiger partial charge in [-0.2, -0.15) is 0 Å². The van der Waals surface area contributed by atoms with Gasteiger partial charge in [0.2, 0.25) is 0 Å². The Bertz CT molecular complexity index is 817. The molecule has 0 radical (unpaired) electrons. The Balaban J connectivity index is 1.85. The minimum Gasteiger partial charge on any atom is -0.334 e. The molecule has 0 unspecified atom stereocenters. The summed E-state index contributed by atoms with van der Waals surface area (Å²) in [7, 11) is 0. The average molecular weight is 319 g/mol. The van der Waals surface area contributed by atoms with Crippen molar-refractivity contribution >= 4 is 16.8 Å². The monoisotopic (exact) mass is 319 g/mol. The summed E-state index contributed by atoms with van der Waals surface area (Å²) in [6.45, 7) is 1.78. The molecule has 0 aliphatic heterocycles. The maximum atomic E-state index is 12.9. The van der Waals surface area contributed by atoms with Crippen LogP contribution < -0.4 is 5.73 Å². The maximum Gasteiger partial charge on any atom is 0.255 e. The fraction of sp³-hybridized carbons (Fsp3) is 0.200. The van der Waals surface area contributed by atoms with E-state index in [4.69, 9.17) is 5.73 Å². The Morgan fingerprint density at radius 3 is 2.58 bits per heavy atom. The van der Waals surface area contributed by atoms with E-state index in [0.29, 0.717) is 25.2 Å². The van der Waals surface area contributed by atoms with Crippen LogP contribution in [0.1, 0.15) is 22.3 Å². The molecule has 3 rings (SSSR count). The molecule has 4 nitrogen and oxygen atoms in total. The molecule has 0 bridgehead atoms. The van der Waals surface area contributed by atoms with E-state index in [0.717, 1.165) is 22.9 Å². The third-order valence-corrected chi connectivity index (χ3v) is 3.97. The molecule has 3 aromatic rings. The zero-order chi connectivity index (χ0) is 16.8. The number of amides is 1. The van der Waals surface area contributed by atoms with Crippen LogP contribution in [0.5, 0.6) is 0 Å². The van der Waals surface area contributed by atoms with Crippen LogP contribution in [0.3, 0.4) is 0 Å². The molecular formula is C20H21N3O. The number of pyridine rings is 1. The molecule has 0 aliphatic rings. The molecule has 0 saturated heterocycles. The zero-order valence-corrected chi connectivity index (χ0v) is 13.6. The molecular weight excluding hydrogens is 298 g/mol. The van der Waals surface area contributed by atoms with E-state index >= 15 is 0 Å². The first-order valence-electron chi connectivity index (χ1n) is 8.16. The van der Waals surface area contributed by atoms with Crippen molar-refractivity contribution < 1.29 is 4.79 Å². The Morgan fingerprint density at radius 2 is 1.79 bits per heavy atom. The average Bonchev–Trinajstić information content (AvgIpc) is 2.65. The SMILES string of the molecule is NCCCN(Cc1ccccc1)C(=O)c1cnc2ccccc2c1. The highest BCUT2D eigenvalue weighted by atomic mass is 16.2. The molecule has 122 valence electrons. The molecule has 2 aromatic carbocycles. The van der Waals surface area contributed by atoms with Crippen molar-refractivity contribution in [3.63, 3.8) is 0 Å². The van der Waals surface area contributed by atoms with Gasteiger partial charge >= 0.3 is 0 Å². The van der Waals surface area contributed by atoms with Crippen LogP contribution in [0, 0.1) is 0 Å². The molecule has 4 heteroatoms. The topological polar surface area (TPSA) is 59.2 Å². The van der Waals surface area contributed by atoms with Crippen molar-refractivity contribution in [2.45, 2.75) is 13.0 Å². The minimum atomic E-state index is -0.00874. The van der Waals surface area contributed by atoms with Gasteiger partial charge in [-0.05, 0) is 30.7 Å². The van der Waals surface area contributed by atoms with Gasteiger partial charge in [0.05, 0.1) is 11.1 Å².